The van der Waals surface area contributed by atoms with Gasteiger partial charge in [-0.15, -0.1) is 0 Å². The summed E-state index contributed by atoms with van der Waals surface area (Å²) in [6.45, 7) is 8.18. The molecule has 44 heavy (non-hydrogen) atoms. The molecule has 1 fully saturated rings. The summed E-state index contributed by atoms with van der Waals surface area (Å²) >= 11 is 8.23. The number of hydrogen-bond acceptors (Lipinski definition) is 7. The third-order valence-corrected chi connectivity index (χ3v) is 10.3. The topological polar surface area (TPSA) is 89.9 Å². The summed E-state index contributed by atoms with van der Waals surface area (Å²) in [5.74, 6) is -0.0403. The fraction of sp³-hybridized carbons (Fsp3) is 0.294. The highest BCUT2D eigenvalue weighted by molar-refractivity contribution is 7.99. The molecule has 0 spiro atoms. The van der Waals surface area contributed by atoms with Crippen LogP contribution in [-0.2, 0) is 27.2 Å². The van der Waals surface area contributed by atoms with E-state index >= 15 is 0 Å². The molecule has 10 heteroatoms. The molecule has 1 amide bonds. The van der Waals surface area contributed by atoms with E-state index in [0.29, 0.717) is 20.5 Å². The Hall–Kier alpha value is -3.34. The fourth-order valence-electron chi connectivity index (χ4n) is 5.58. The summed E-state index contributed by atoms with van der Waals surface area (Å²) in [7, 11) is -0.632. The van der Waals surface area contributed by atoms with Crippen LogP contribution in [0.4, 0.5) is 4.79 Å². The predicted octanol–water partition coefficient (Wildman–Crippen LogP) is 6.72. The van der Waals surface area contributed by atoms with Crippen LogP contribution in [0.25, 0.3) is 11.1 Å². The van der Waals surface area contributed by atoms with Crippen LogP contribution >= 0.6 is 23.4 Å². The first-order valence-electron chi connectivity index (χ1n) is 14.6. The van der Waals surface area contributed by atoms with Gasteiger partial charge in [-0.2, -0.15) is 0 Å². The van der Waals surface area contributed by atoms with Crippen molar-refractivity contribution in [1.82, 2.24) is 10.3 Å². The van der Waals surface area contributed by atoms with Gasteiger partial charge in [0.1, 0.15) is 11.6 Å². The van der Waals surface area contributed by atoms with Crippen LogP contribution < -0.4 is 10.8 Å². The van der Waals surface area contributed by atoms with E-state index in [4.69, 9.17) is 25.6 Å². The SMILES string of the molecule is CC1(C)OB(c2cc(Cl)c(Sc3ncccc3CO)c(CNC(=O)OCC3c4ccccc4-c4ccccc43)c2)OC1(C)C. The minimum atomic E-state index is -0.632. The zero-order chi connectivity index (χ0) is 31.1. The number of alkyl carbamates (subject to hydrolysis) is 1. The fourth-order valence-corrected chi connectivity index (χ4v) is 6.94. The van der Waals surface area contributed by atoms with E-state index in [0.717, 1.165) is 22.2 Å². The lowest BCUT2D eigenvalue weighted by Crippen LogP contribution is -2.41. The molecule has 7 nitrogen and oxygen atoms in total. The van der Waals surface area contributed by atoms with Crippen molar-refractivity contribution >= 4 is 42.0 Å². The largest absolute Gasteiger partial charge is 0.494 e. The van der Waals surface area contributed by atoms with E-state index < -0.39 is 24.4 Å². The third-order valence-electron chi connectivity index (χ3n) is 8.65. The van der Waals surface area contributed by atoms with Crippen molar-refractivity contribution in [3.63, 3.8) is 0 Å². The number of nitrogens with zero attached hydrogens (tertiary/aromatic N) is 1. The maximum Gasteiger partial charge on any atom is 0.494 e. The van der Waals surface area contributed by atoms with Gasteiger partial charge in [0, 0.05) is 29.1 Å². The van der Waals surface area contributed by atoms with Gasteiger partial charge in [-0.3, -0.25) is 0 Å². The van der Waals surface area contributed by atoms with Gasteiger partial charge in [0.15, 0.2) is 0 Å². The molecule has 0 unspecified atom stereocenters. The van der Waals surface area contributed by atoms with Crippen molar-refractivity contribution in [2.24, 2.45) is 0 Å². The number of ether oxygens (including phenoxy) is 1. The van der Waals surface area contributed by atoms with Crippen LogP contribution in [0.5, 0.6) is 0 Å². The number of hydrogen-bond donors (Lipinski definition) is 2. The smallest absolute Gasteiger partial charge is 0.449 e. The highest BCUT2D eigenvalue weighted by Gasteiger charge is 2.52. The molecule has 1 aliphatic carbocycles. The number of carbonyl (C=O) groups is 1. The van der Waals surface area contributed by atoms with Gasteiger partial charge in [-0.1, -0.05) is 84.0 Å². The van der Waals surface area contributed by atoms with Crippen LogP contribution in [0.3, 0.4) is 0 Å². The monoisotopic (exact) mass is 628 g/mol. The Morgan fingerprint density at radius 3 is 2.25 bits per heavy atom. The number of fused-ring (bicyclic) bond motifs is 3. The van der Waals surface area contributed by atoms with Gasteiger partial charge in [0.25, 0.3) is 0 Å². The number of rotatable bonds is 8. The normalized spacial score (nSPS) is 16.5. The van der Waals surface area contributed by atoms with Crippen molar-refractivity contribution in [2.75, 3.05) is 6.61 Å². The molecule has 0 saturated carbocycles. The van der Waals surface area contributed by atoms with E-state index in [1.807, 2.05) is 70.2 Å². The van der Waals surface area contributed by atoms with Gasteiger partial charge >= 0.3 is 13.2 Å². The number of aliphatic hydroxyl groups is 1. The maximum absolute atomic E-state index is 13.1. The van der Waals surface area contributed by atoms with Crippen LogP contribution in [0.15, 0.2) is 88.9 Å². The molecular weight excluding hydrogens is 595 g/mol. The molecule has 2 aliphatic rings. The highest BCUT2D eigenvalue weighted by Crippen LogP contribution is 2.44. The van der Waals surface area contributed by atoms with E-state index in [2.05, 4.69) is 34.6 Å². The molecule has 3 aromatic carbocycles. The maximum atomic E-state index is 13.1. The number of benzene rings is 3. The van der Waals surface area contributed by atoms with Crippen molar-refractivity contribution in [1.29, 1.82) is 0 Å². The number of carbonyl (C=O) groups excluding carboxylic acids is 1. The molecule has 1 aromatic heterocycles. The first-order chi connectivity index (χ1) is 21.1. The average molecular weight is 629 g/mol. The zero-order valence-electron chi connectivity index (χ0n) is 25.1. The molecular formula is C34H34BClN2O5S. The number of aliphatic hydroxyl groups excluding tert-OH is 1. The number of halogens is 1. The predicted molar refractivity (Wildman–Crippen MR) is 173 cm³/mol. The lowest BCUT2D eigenvalue weighted by Gasteiger charge is -2.32. The molecule has 0 radical (unpaired) electrons. The summed E-state index contributed by atoms with van der Waals surface area (Å²) < 4.78 is 18.4. The summed E-state index contributed by atoms with van der Waals surface area (Å²) in [6, 6.07) is 23.8. The Balaban J connectivity index is 1.23. The second-order valence-electron chi connectivity index (χ2n) is 12.0. The van der Waals surface area contributed by atoms with E-state index in [1.165, 1.54) is 22.9 Å². The molecule has 4 aromatic rings. The first-order valence-corrected chi connectivity index (χ1v) is 15.8. The Morgan fingerprint density at radius 2 is 1.61 bits per heavy atom. The number of amides is 1. The quantitative estimate of drug-likeness (QED) is 0.210. The van der Waals surface area contributed by atoms with Crippen molar-refractivity contribution in [2.45, 2.75) is 67.9 Å². The van der Waals surface area contributed by atoms with Crippen LogP contribution in [0.2, 0.25) is 5.02 Å². The average Bonchev–Trinajstić information content (AvgIpc) is 3.45. The van der Waals surface area contributed by atoms with Crippen LogP contribution in [0.1, 0.15) is 55.9 Å². The molecule has 2 N–H and O–H groups in total. The van der Waals surface area contributed by atoms with Gasteiger partial charge in [0.2, 0.25) is 0 Å². The Kier molecular flexibility index (Phi) is 8.52. The second kappa shape index (κ2) is 12.2. The standard InChI is InChI=1S/C34H34BClN2O5S/c1-33(2)34(3,4)43-35(42-33)23-16-22(30(29(36)17-23)44-31-21(19-39)10-9-15-37-31)18-38-32(40)41-20-28-26-13-7-5-11-24(26)25-12-6-8-14-27(25)28/h5-17,28,39H,18-20H2,1-4H3,(H,38,40). The lowest BCUT2D eigenvalue weighted by molar-refractivity contribution is 0.00578. The number of nitrogens with one attached hydrogen (secondary N) is 1. The van der Waals surface area contributed by atoms with E-state index in [1.54, 1.807) is 12.3 Å². The number of pyridine rings is 1. The van der Waals surface area contributed by atoms with Gasteiger partial charge < -0.3 is 24.5 Å². The van der Waals surface area contributed by atoms with E-state index in [9.17, 15) is 9.90 Å². The van der Waals surface area contributed by atoms with Crippen molar-refractivity contribution < 1.29 is 23.9 Å². The third kappa shape index (κ3) is 5.87. The zero-order valence-corrected chi connectivity index (χ0v) is 26.7. The molecule has 1 saturated heterocycles. The summed E-state index contributed by atoms with van der Waals surface area (Å²) in [4.78, 5) is 18.3. The highest BCUT2D eigenvalue weighted by atomic mass is 35.5. The molecule has 226 valence electrons. The lowest BCUT2D eigenvalue weighted by atomic mass is 9.78. The van der Waals surface area contributed by atoms with E-state index in [-0.39, 0.29) is 25.7 Å². The van der Waals surface area contributed by atoms with Gasteiger partial charge in [-0.05, 0) is 73.1 Å². The summed E-state index contributed by atoms with van der Waals surface area (Å²) in [5.41, 5.74) is 5.76. The molecule has 2 heterocycles. The minimum absolute atomic E-state index is 0.0403. The van der Waals surface area contributed by atoms with Gasteiger partial charge in [0.05, 0.1) is 22.8 Å². The molecule has 6 rings (SSSR count). The van der Waals surface area contributed by atoms with Gasteiger partial charge in [-0.25, -0.2) is 9.78 Å². The minimum Gasteiger partial charge on any atom is -0.449 e. The second-order valence-corrected chi connectivity index (χ2v) is 13.4. The van der Waals surface area contributed by atoms with Crippen LogP contribution in [-0.4, -0.2) is 41.1 Å². The number of aromatic nitrogens is 1. The van der Waals surface area contributed by atoms with Crippen molar-refractivity contribution in [3.05, 3.63) is 106 Å². The Morgan fingerprint density at radius 1 is 0.977 bits per heavy atom. The molecule has 0 bridgehead atoms. The molecule has 0 atom stereocenters. The Bertz CT molecular complexity index is 1650. The summed E-state index contributed by atoms with van der Waals surface area (Å²) in [6.07, 6.45) is 1.14. The van der Waals surface area contributed by atoms with Crippen LogP contribution in [0, 0.1) is 0 Å². The Labute approximate surface area is 267 Å². The molecule has 1 aliphatic heterocycles. The first kappa shape index (κ1) is 30.7. The van der Waals surface area contributed by atoms with Crippen molar-refractivity contribution in [3.8, 4) is 11.1 Å². The summed E-state index contributed by atoms with van der Waals surface area (Å²) in [5, 5.41) is 13.9.